The molecule has 0 aliphatic carbocycles. The summed E-state index contributed by atoms with van der Waals surface area (Å²) in [6, 6.07) is 7.11. The number of carbonyl (C=O) groups excluding carboxylic acids is 2. The molecule has 2 rings (SSSR count). The molecule has 1 aliphatic heterocycles. The van der Waals surface area contributed by atoms with Gasteiger partial charge in [-0.05, 0) is 30.7 Å². The molecule has 1 aromatic carbocycles. The van der Waals surface area contributed by atoms with Crippen molar-refractivity contribution < 1.29 is 19.1 Å². The van der Waals surface area contributed by atoms with Crippen LogP contribution in [0.5, 0.6) is 5.75 Å². The van der Waals surface area contributed by atoms with E-state index < -0.39 is 0 Å². The van der Waals surface area contributed by atoms with Gasteiger partial charge in [-0.3, -0.25) is 9.59 Å². The molecule has 0 bridgehead atoms. The van der Waals surface area contributed by atoms with Crippen LogP contribution in [0, 0.1) is 0 Å². The minimum atomic E-state index is -0.00107. The van der Waals surface area contributed by atoms with E-state index in [1.54, 1.807) is 38.5 Å². The van der Waals surface area contributed by atoms with E-state index in [1.807, 2.05) is 9.80 Å². The molecule has 1 fully saturated rings. The number of hydrogen-bond acceptors (Lipinski definition) is 4. The van der Waals surface area contributed by atoms with Gasteiger partial charge < -0.3 is 19.3 Å². The van der Waals surface area contributed by atoms with Crippen LogP contribution in [0.1, 0.15) is 23.2 Å². The van der Waals surface area contributed by atoms with Crippen molar-refractivity contribution in [3.63, 3.8) is 0 Å². The average Bonchev–Trinajstić information content (AvgIpc) is 2.85. The van der Waals surface area contributed by atoms with Crippen LogP contribution in [0.3, 0.4) is 0 Å². The van der Waals surface area contributed by atoms with Gasteiger partial charge in [0.1, 0.15) is 5.75 Å². The highest BCUT2D eigenvalue weighted by Crippen LogP contribution is 2.14. The van der Waals surface area contributed by atoms with Crippen LogP contribution < -0.4 is 4.74 Å². The summed E-state index contributed by atoms with van der Waals surface area (Å²) in [6.07, 6.45) is 1.18. The standard InChI is InChI=1S/C17H24N2O4/c1-22-13-8-16(20)18-9-3-10-19(12-11-18)17(21)14-4-6-15(23-2)7-5-14/h4-7H,3,8-13H2,1-2H3. The minimum absolute atomic E-state index is 0.00107. The smallest absolute Gasteiger partial charge is 0.253 e. The first kappa shape index (κ1) is 17.3. The summed E-state index contributed by atoms with van der Waals surface area (Å²) in [5, 5.41) is 0. The number of hydrogen-bond donors (Lipinski definition) is 0. The van der Waals surface area contributed by atoms with E-state index in [-0.39, 0.29) is 11.8 Å². The van der Waals surface area contributed by atoms with E-state index in [4.69, 9.17) is 9.47 Å². The predicted molar refractivity (Wildman–Crippen MR) is 86.6 cm³/mol. The molecule has 2 amide bonds. The van der Waals surface area contributed by atoms with Gasteiger partial charge in [-0.2, -0.15) is 0 Å². The Kier molecular flexibility index (Phi) is 6.40. The first-order chi connectivity index (χ1) is 11.2. The van der Waals surface area contributed by atoms with Gasteiger partial charge in [0.25, 0.3) is 5.91 Å². The summed E-state index contributed by atoms with van der Waals surface area (Å²) in [6.45, 7) is 2.92. The van der Waals surface area contributed by atoms with E-state index in [9.17, 15) is 9.59 Å². The van der Waals surface area contributed by atoms with Gasteiger partial charge in [-0.15, -0.1) is 0 Å². The molecule has 1 aromatic rings. The zero-order valence-corrected chi connectivity index (χ0v) is 13.8. The monoisotopic (exact) mass is 320 g/mol. The summed E-state index contributed by atoms with van der Waals surface area (Å²) in [7, 11) is 3.19. The van der Waals surface area contributed by atoms with Gasteiger partial charge in [0.15, 0.2) is 0 Å². The molecule has 0 saturated carbocycles. The Bertz CT molecular complexity index is 530. The summed E-state index contributed by atoms with van der Waals surface area (Å²) in [4.78, 5) is 28.2. The van der Waals surface area contributed by atoms with E-state index >= 15 is 0 Å². The molecule has 6 heteroatoms. The van der Waals surface area contributed by atoms with Crippen molar-refractivity contribution in [2.45, 2.75) is 12.8 Å². The van der Waals surface area contributed by atoms with Gasteiger partial charge in [0.2, 0.25) is 5.91 Å². The molecule has 126 valence electrons. The lowest BCUT2D eigenvalue weighted by atomic mass is 10.2. The maximum Gasteiger partial charge on any atom is 0.253 e. The van der Waals surface area contributed by atoms with Gasteiger partial charge in [0, 0.05) is 38.9 Å². The second-order valence-corrected chi connectivity index (χ2v) is 5.50. The van der Waals surface area contributed by atoms with Crippen LogP contribution in [-0.2, 0) is 9.53 Å². The molecule has 1 heterocycles. The average molecular weight is 320 g/mol. The highest BCUT2D eigenvalue weighted by Gasteiger charge is 2.22. The molecule has 23 heavy (non-hydrogen) atoms. The second-order valence-electron chi connectivity index (χ2n) is 5.50. The van der Waals surface area contributed by atoms with E-state index in [1.165, 1.54) is 0 Å². The van der Waals surface area contributed by atoms with Crippen LogP contribution in [0.25, 0.3) is 0 Å². The van der Waals surface area contributed by atoms with Crippen molar-refractivity contribution >= 4 is 11.8 Å². The second kappa shape index (κ2) is 8.53. The molecule has 1 saturated heterocycles. The Balaban J connectivity index is 1.93. The number of ether oxygens (including phenoxy) is 2. The molecule has 0 radical (unpaired) electrons. The lowest BCUT2D eigenvalue weighted by Crippen LogP contribution is -2.37. The first-order valence-corrected chi connectivity index (χ1v) is 7.85. The Hall–Kier alpha value is -2.08. The lowest BCUT2D eigenvalue weighted by molar-refractivity contribution is -0.132. The quantitative estimate of drug-likeness (QED) is 0.823. The van der Waals surface area contributed by atoms with Crippen LogP contribution in [0.4, 0.5) is 0 Å². The fourth-order valence-electron chi connectivity index (χ4n) is 2.63. The third-order valence-electron chi connectivity index (χ3n) is 3.99. The predicted octanol–water partition coefficient (Wildman–Crippen LogP) is 1.41. The third kappa shape index (κ3) is 4.69. The maximum absolute atomic E-state index is 12.6. The number of nitrogens with zero attached hydrogens (tertiary/aromatic N) is 2. The fourth-order valence-corrected chi connectivity index (χ4v) is 2.63. The van der Waals surface area contributed by atoms with Crippen LogP contribution in [0.15, 0.2) is 24.3 Å². The molecular formula is C17H24N2O4. The molecule has 1 aliphatic rings. The van der Waals surface area contributed by atoms with Crippen molar-refractivity contribution in [3.8, 4) is 5.75 Å². The number of methoxy groups -OCH3 is 2. The number of carbonyl (C=O) groups is 2. The lowest BCUT2D eigenvalue weighted by Gasteiger charge is -2.22. The Labute approximate surface area is 137 Å². The summed E-state index contributed by atoms with van der Waals surface area (Å²) >= 11 is 0. The zero-order valence-electron chi connectivity index (χ0n) is 13.8. The fraction of sp³-hybridized carbons (Fsp3) is 0.529. The Morgan fingerprint density at radius 2 is 1.65 bits per heavy atom. The van der Waals surface area contributed by atoms with Crippen LogP contribution in [-0.4, -0.2) is 68.6 Å². The van der Waals surface area contributed by atoms with Gasteiger partial charge in [-0.25, -0.2) is 0 Å². The van der Waals surface area contributed by atoms with E-state index in [2.05, 4.69) is 0 Å². The molecular weight excluding hydrogens is 296 g/mol. The summed E-state index contributed by atoms with van der Waals surface area (Å²) in [5.74, 6) is 0.816. The largest absolute Gasteiger partial charge is 0.497 e. The topological polar surface area (TPSA) is 59.1 Å². The molecule has 0 N–H and O–H groups in total. The van der Waals surface area contributed by atoms with Crippen molar-refractivity contribution in [1.82, 2.24) is 9.80 Å². The number of rotatable bonds is 5. The first-order valence-electron chi connectivity index (χ1n) is 7.85. The highest BCUT2D eigenvalue weighted by molar-refractivity contribution is 5.94. The summed E-state index contributed by atoms with van der Waals surface area (Å²) < 4.78 is 10.1. The normalized spacial score (nSPS) is 15.2. The van der Waals surface area contributed by atoms with Crippen molar-refractivity contribution in [2.75, 3.05) is 47.0 Å². The molecule has 0 atom stereocenters. The van der Waals surface area contributed by atoms with E-state index in [0.717, 1.165) is 12.2 Å². The van der Waals surface area contributed by atoms with Gasteiger partial charge >= 0.3 is 0 Å². The molecule has 0 spiro atoms. The molecule has 6 nitrogen and oxygen atoms in total. The number of benzene rings is 1. The molecule has 0 unspecified atom stereocenters. The Morgan fingerprint density at radius 3 is 2.30 bits per heavy atom. The van der Waals surface area contributed by atoms with Crippen LogP contribution >= 0.6 is 0 Å². The van der Waals surface area contributed by atoms with Crippen molar-refractivity contribution in [1.29, 1.82) is 0 Å². The van der Waals surface area contributed by atoms with Crippen molar-refractivity contribution in [2.24, 2.45) is 0 Å². The van der Waals surface area contributed by atoms with E-state index in [0.29, 0.717) is 44.8 Å². The SMILES string of the molecule is COCCC(=O)N1CCCN(C(=O)c2ccc(OC)cc2)CC1. The van der Waals surface area contributed by atoms with Gasteiger partial charge in [-0.1, -0.05) is 0 Å². The highest BCUT2D eigenvalue weighted by atomic mass is 16.5. The Morgan fingerprint density at radius 1 is 1.00 bits per heavy atom. The third-order valence-corrected chi connectivity index (χ3v) is 3.99. The van der Waals surface area contributed by atoms with Crippen LogP contribution in [0.2, 0.25) is 0 Å². The molecule has 0 aromatic heterocycles. The van der Waals surface area contributed by atoms with Gasteiger partial charge in [0.05, 0.1) is 20.1 Å². The minimum Gasteiger partial charge on any atom is -0.497 e. The maximum atomic E-state index is 12.6. The van der Waals surface area contributed by atoms with Crippen molar-refractivity contribution in [3.05, 3.63) is 29.8 Å². The number of amides is 2. The zero-order chi connectivity index (χ0) is 16.7. The summed E-state index contributed by atoms with van der Waals surface area (Å²) in [5.41, 5.74) is 0.643.